The van der Waals surface area contributed by atoms with Crippen LogP contribution in [0, 0.1) is 0 Å². The van der Waals surface area contributed by atoms with Gasteiger partial charge in [-0.15, -0.1) is 5.10 Å². The lowest BCUT2D eigenvalue weighted by Crippen LogP contribution is -2.13. The minimum atomic E-state index is 0.188. The topological polar surface area (TPSA) is 63.0 Å². The van der Waals surface area contributed by atoms with Gasteiger partial charge < -0.3 is 15.1 Å². The zero-order chi connectivity index (χ0) is 14.2. The average Bonchev–Trinajstić information content (AvgIpc) is 2.93. The van der Waals surface area contributed by atoms with Gasteiger partial charge in [-0.1, -0.05) is 49.3 Å². The molecule has 0 bridgehead atoms. The number of nitrogens with one attached hydrogen (secondary N) is 2. The van der Waals surface area contributed by atoms with E-state index in [1.807, 2.05) is 18.2 Å². The van der Waals surface area contributed by atoms with E-state index in [9.17, 15) is 0 Å². The summed E-state index contributed by atoms with van der Waals surface area (Å²) in [5.41, 5.74) is 1.22. The molecule has 2 N–H and O–H groups in total. The molecule has 1 atom stereocenters. The molecule has 5 nitrogen and oxygen atoms in total. The van der Waals surface area contributed by atoms with Crippen molar-refractivity contribution in [1.29, 1.82) is 0 Å². The number of hydrogen-bond acceptors (Lipinski definition) is 5. The van der Waals surface area contributed by atoms with E-state index in [4.69, 9.17) is 4.42 Å². The molecule has 0 amide bonds. The Labute approximate surface area is 119 Å². The number of benzene rings is 1. The molecular weight excluding hydrogens is 252 g/mol. The Morgan fingerprint density at radius 3 is 2.65 bits per heavy atom. The number of anilines is 1. The monoisotopic (exact) mass is 274 g/mol. The van der Waals surface area contributed by atoms with E-state index in [0.29, 0.717) is 18.5 Å². The molecule has 0 aliphatic carbocycles. The summed E-state index contributed by atoms with van der Waals surface area (Å²) in [5, 5.41) is 14.6. The summed E-state index contributed by atoms with van der Waals surface area (Å²) in [6.07, 6.45) is 2.04. The third-order valence-corrected chi connectivity index (χ3v) is 3.08. The van der Waals surface area contributed by atoms with Gasteiger partial charge in [0.2, 0.25) is 5.89 Å². The molecule has 20 heavy (non-hydrogen) atoms. The molecule has 0 spiro atoms. The third-order valence-electron chi connectivity index (χ3n) is 3.08. The van der Waals surface area contributed by atoms with Crippen LogP contribution in [-0.4, -0.2) is 16.7 Å². The molecule has 1 unspecified atom stereocenters. The molecule has 0 aliphatic heterocycles. The van der Waals surface area contributed by atoms with Gasteiger partial charge in [-0.25, -0.2) is 0 Å². The second kappa shape index (κ2) is 7.65. The van der Waals surface area contributed by atoms with Crippen LogP contribution >= 0.6 is 0 Å². The molecule has 1 aromatic heterocycles. The largest absolute Gasteiger partial charge is 0.407 e. The van der Waals surface area contributed by atoms with Crippen molar-refractivity contribution in [1.82, 2.24) is 15.5 Å². The molecule has 2 aromatic rings. The molecule has 2 rings (SSSR count). The summed E-state index contributed by atoms with van der Waals surface area (Å²) in [6, 6.07) is 11.0. The summed E-state index contributed by atoms with van der Waals surface area (Å²) in [6.45, 7) is 5.82. The van der Waals surface area contributed by atoms with Gasteiger partial charge in [-0.3, -0.25) is 0 Å². The molecule has 1 heterocycles. The Bertz CT molecular complexity index is 498. The second-order valence-electron chi connectivity index (χ2n) is 4.69. The molecule has 5 heteroatoms. The highest BCUT2D eigenvalue weighted by atomic mass is 16.4. The second-order valence-corrected chi connectivity index (χ2v) is 4.69. The molecule has 0 saturated heterocycles. The highest BCUT2D eigenvalue weighted by Crippen LogP contribution is 2.21. The maximum absolute atomic E-state index is 5.59. The van der Waals surface area contributed by atoms with Gasteiger partial charge in [0.15, 0.2) is 0 Å². The highest BCUT2D eigenvalue weighted by molar-refractivity contribution is 5.28. The standard InChI is InChI=1S/C15H22N4O/c1-3-10-16-11-14-18-19-15(20-14)17-13(4-2)12-8-6-5-7-9-12/h5-9,13,16H,3-4,10-11H2,1-2H3,(H,17,19). The van der Waals surface area contributed by atoms with Crippen molar-refractivity contribution in [2.45, 2.75) is 39.3 Å². The smallest absolute Gasteiger partial charge is 0.315 e. The fourth-order valence-corrected chi connectivity index (χ4v) is 2.01. The normalized spacial score (nSPS) is 12.3. The van der Waals surface area contributed by atoms with Crippen LogP contribution in [-0.2, 0) is 6.54 Å². The number of aromatic nitrogens is 2. The maximum atomic E-state index is 5.59. The van der Waals surface area contributed by atoms with Gasteiger partial charge in [0, 0.05) is 0 Å². The van der Waals surface area contributed by atoms with Crippen LogP contribution < -0.4 is 10.6 Å². The first-order chi connectivity index (χ1) is 9.83. The number of nitrogens with zero attached hydrogens (tertiary/aromatic N) is 2. The molecule has 1 aromatic carbocycles. The Hall–Kier alpha value is -1.88. The Balaban J connectivity index is 1.94. The van der Waals surface area contributed by atoms with E-state index in [-0.39, 0.29) is 6.04 Å². The minimum Gasteiger partial charge on any atom is -0.407 e. The first-order valence-electron chi connectivity index (χ1n) is 7.18. The Kier molecular flexibility index (Phi) is 5.55. The van der Waals surface area contributed by atoms with Crippen molar-refractivity contribution < 1.29 is 4.42 Å². The molecular formula is C15H22N4O. The van der Waals surface area contributed by atoms with Crippen molar-refractivity contribution in [3.8, 4) is 0 Å². The van der Waals surface area contributed by atoms with Crippen LogP contribution in [0.15, 0.2) is 34.7 Å². The minimum absolute atomic E-state index is 0.188. The predicted molar refractivity (Wildman–Crippen MR) is 79.4 cm³/mol. The van der Waals surface area contributed by atoms with E-state index >= 15 is 0 Å². The third kappa shape index (κ3) is 4.06. The van der Waals surface area contributed by atoms with E-state index in [2.05, 4.69) is 46.8 Å². The summed E-state index contributed by atoms with van der Waals surface area (Å²) in [7, 11) is 0. The van der Waals surface area contributed by atoms with Crippen LogP contribution in [0.2, 0.25) is 0 Å². The SMILES string of the molecule is CCCNCc1nnc(NC(CC)c2ccccc2)o1. The summed E-state index contributed by atoms with van der Waals surface area (Å²) in [4.78, 5) is 0. The maximum Gasteiger partial charge on any atom is 0.315 e. The summed E-state index contributed by atoms with van der Waals surface area (Å²) in [5.74, 6) is 0.615. The summed E-state index contributed by atoms with van der Waals surface area (Å²) < 4.78 is 5.59. The van der Waals surface area contributed by atoms with Crippen molar-refractivity contribution in [3.63, 3.8) is 0 Å². The molecule has 0 saturated carbocycles. The first-order valence-corrected chi connectivity index (χ1v) is 7.18. The summed E-state index contributed by atoms with van der Waals surface area (Å²) >= 11 is 0. The van der Waals surface area contributed by atoms with E-state index < -0.39 is 0 Å². The van der Waals surface area contributed by atoms with Gasteiger partial charge >= 0.3 is 6.01 Å². The zero-order valence-corrected chi connectivity index (χ0v) is 12.1. The van der Waals surface area contributed by atoms with Gasteiger partial charge in [-0.2, -0.15) is 0 Å². The van der Waals surface area contributed by atoms with Crippen molar-refractivity contribution >= 4 is 6.01 Å². The predicted octanol–water partition coefficient (Wildman–Crippen LogP) is 3.13. The lowest BCUT2D eigenvalue weighted by atomic mass is 10.1. The molecule has 0 aliphatic rings. The van der Waals surface area contributed by atoms with E-state index in [1.165, 1.54) is 5.56 Å². The zero-order valence-electron chi connectivity index (χ0n) is 12.1. The van der Waals surface area contributed by atoms with Crippen LogP contribution in [0.3, 0.4) is 0 Å². The van der Waals surface area contributed by atoms with Gasteiger partial charge in [0.25, 0.3) is 0 Å². The van der Waals surface area contributed by atoms with Crippen molar-refractivity contribution in [2.24, 2.45) is 0 Å². The molecule has 0 radical (unpaired) electrons. The van der Waals surface area contributed by atoms with Crippen LogP contribution in [0.5, 0.6) is 0 Å². The quantitative estimate of drug-likeness (QED) is 0.724. The fourth-order valence-electron chi connectivity index (χ4n) is 2.01. The number of rotatable bonds is 8. The van der Waals surface area contributed by atoms with Gasteiger partial charge in [-0.05, 0) is 24.9 Å². The van der Waals surface area contributed by atoms with Gasteiger partial charge in [0.1, 0.15) is 0 Å². The van der Waals surface area contributed by atoms with E-state index in [0.717, 1.165) is 19.4 Å². The van der Waals surface area contributed by atoms with Gasteiger partial charge in [0.05, 0.1) is 12.6 Å². The number of hydrogen-bond donors (Lipinski definition) is 2. The lowest BCUT2D eigenvalue weighted by Gasteiger charge is -2.15. The highest BCUT2D eigenvalue weighted by Gasteiger charge is 2.12. The van der Waals surface area contributed by atoms with Crippen molar-refractivity contribution in [3.05, 3.63) is 41.8 Å². The van der Waals surface area contributed by atoms with Crippen LogP contribution in [0.25, 0.3) is 0 Å². The van der Waals surface area contributed by atoms with Crippen LogP contribution in [0.4, 0.5) is 6.01 Å². The van der Waals surface area contributed by atoms with E-state index in [1.54, 1.807) is 0 Å². The Morgan fingerprint density at radius 1 is 1.15 bits per heavy atom. The average molecular weight is 274 g/mol. The van der Waals surface area contributed by atoms with Crippen molar-refractivity contribution in [2.75, 3.05) is 11.9 Å². The van der Waals surface area contributed by atoms with Crippen LogP contribution in [0.1, 0.15) is 44.2 Å². The lowest BCUT2D eigenvalue weighted by molar-refractivity contribution is 0.472. The molecule has 108 valence electrons. The fraction of sp³-hybridized carbons (Fsp3) is 0.467. The first kappa shape index (κ1) is 14.5. The molecule has 0 fully saturated rings. The Morgan fingerprint density at radius 2 is 1.95 bits per heavy atom.